The molecule has 1 aromatic rings. The first-order valence-corrected chi connectivity index (χ1v) is 16.4. The largest absolute Gasteiger partial charge is 0.469 e. The zero-order valence-corrected chi connectivity index (χ0v) is 24.6. The Balaban J connectivity index is 2.37. The fraction of sp³-hybridized carbons (Fsp3) is 0.882. The van der Waals surface area contributed by atoms with Gasteiger partial charge in [-0.1, -0.05) is 156 Å². The lowest BCUT2D eigenvalue weighted by molar-refractivity contribution is 0.483. The van der Waals surface area contributed by atoms with Crippen LogP contribution < -0.4 is 0 Å². The van der Waals surface area contributed by atoms with Gasteiger partial charge in [0.15, 0.2) is 0 Å². The highest BCUT2D eigenvalue weighted by molar-refractivity contribution is 5.28. The van der Waals surface area contributed by atoms with Gasteiger partial charge >= 0.3 is 0 Å². The lowest BCUT2D eigenvalue weighted by Crippen LogP contribution is -1.97. The number of rotatable bonds is 27. The molecule has 35 heavy (non-hydrogen) atoms. The third-order valence-corrected chi connectivity index (χ3v) is 7.91. The van der Waals surface area contributed by atoms with Gasteiger partial charge in [0.2, 0.25) is 0 Å². The molecule has 0 unspecified atom stereocenters. The van der Waals surface area contributed by atoms with E-state index in [4.69, 9.17) is 4.42 Å². The number of hydrogen-bond acceptors (Lipinski definition) is 1. The van der Waals surface area contributed by atoms with Crippen LogP contribution >= 0.6 is 0 Å². The van der Waals surface area contributed by atoms with Crippen LogP contribution in [0.15, 0.2) is 10.7 Å². The van der Waals surface area contributed by atoms with Gasteiger partial charge in [0.05, 0.1) is 6.26 Å². The first-order valence-electron chi connectivity index (χ1n) is 16.4. The topological polar surface area (TPSA) is 13.1 Å². The molecule has 0 radical (unpaired) electrons. The second-order valence-electron chi connectivity index (χ2n) is 11.3. The molecule has 0 atom stereocenters. The summed E-state index contributed by atoms with van der Waals surface area (Å²) in [6.45, 7) is 6.91. The Morgan fingerprint density at radius 3 is 1.17 bits per heavy atom. The van der Waals surface area contributed by atoms with E-state index < -0.39 is 0 Å². The molecule has 1 aromatic heterocycles. The summed E-state index contributed by atoms with van der Waals surface area (Å²) in [7, 11) is 0. The summed E-state index contributed by atoms with van der Waals surface area (Å²) in [6.07, 6.45) is 39.4. The number of furan rings is 1. The van der Waals surface area contributed by atoms with Gasteiger partial charge in [-0.3, -0.25) is 0 Å². The van der Waals surface area contributed by atoms with Crippen molar-refractivity contribution in [1.82, 2.24) is 0 Å². The highest BCUT2D eigenvalue weighted by atomic mass is 16.3. The van der Waals surface area contributed by atoms with E-state index in [1.165, 1.54) is 179 Å². The van der Waals surface area contributed by atoms with E-state index in [1.54, 1.807) is 11.1 Å². The zero-order valence-electron chi connectivity index (χ0n) is 24.6. The van der Waals surface area contributed by atoms with Crippen molar-refractivity contribution in [3.63, 3.8) is 0 Å². The van der Waals surface area contributed by atoms with E-state index in [2.05, 4.69) is 27.0 Å². The SMILES string of the molecule is CCCCCCCCCCc1coc(CCCCCCCCCC)c1CCCCCCCCCC. The quantitative estimate of drug-likeness (QED) is 0.112. The molecule has 1 nitrogen and oxygen atoms in total. The first kappa shape index (κ1) is 32.3. The van der Waals surface area contributed by atoms with Crippen LogP contribution in [0.3, 0.4) is 0 Å². The van der Waals surface area contributed by atoms with E-state index >= 15 is 0 Å². The van der Waals surface area contributed by atoms with Crippen molar-refractivity contribution < 1.29 is 4.42 Å². The molecule has 0 bridgehead atoms. The van der Waals surface area contributed by atoms with Gasteiger partial charge in [0, 0.05) is 6.42 Å². The maximum Gasteiger partial charge on any atom is 0.107 e. The molecule has 0 spiro atoms. The average molecular weight is 489 g/mol. The van der Waals surface area contributed by atoms with Crippen LogP contribution in [0.2, 0.25) is 0 Å². The Kier molecular flexibility index (Phi) is 23.0. The van der Waals surface area contributed by atoms with Crippen molar-refractivity contribution in [3.05, 3.63) is 23.2 Å². The normalized spacial score (nSPS) is 11.5. The monoisotopic (exact) mass is 488 g/mol. The van der Waals surface area contributed by atoms with Crippen molar-refractivity contribution in [3.8, 4) is 0 Å². The van der Waals surface area contributed by atoms with Crippen molar-refractivity contribution in [2.75, 3.05) is 0 Å². The Labute approximate surface area is 221 Å². The van der Waals surface area contributed by atoms with E-state index in [0.29, 0.717) is 0 Å². The van der Waals surface area contributed by atoms with E-state index in [1.807, 2.05) is 0 Å². The standard InChI is InChI=1S/C34H64O/c1-4-7-10-13-16-19-22-25-28-32-31-35-34(30-27-24-21-18-15-12-9-6-3)33(32)29-26-23-20-17-14-11-8-5-2/h31H,4-30H2,1-3H3. The maximum atomic E-state index is 6.20. The van der Waals surface area contributed by atoms with Crippen molar-refractivity contribution in [2.24, 2.45) is 0 Å². The zero-order chi connectivity index (χ0) is 25.2. The predicted octanol–water partition coefficient (Wildman–Crippen LogP) is 12.3. The van der Waals surface area contributed by atoms with Crippen LogP contribution in [0.1, 0.15) is 192 Å². The van der Waals surface area contributed by atoms with Crippen LogP contribution in [-0.2, 0) is 19.3 Å². The molecule has 0 saturated carbocycles. The van der Waals surface area contributed by atoms with Crippen LogP contribution in [-0.4, -0.2) is 0 Å². The smallest absolute Gasteiger partial charge is 0.107 e. The Morgan fingerprint density at radius 2 is 0.743 bits per heavy atom. The minimum absolute atomic E-state index is 1.17. The molecule has 0 saturated heterocycles. The van der Waals surface area contributed by atoms with Crippen LogP contribution in [0, 0.1) is 0 Å². The van der Waals surface area contributed by atoms with Crippen LogP contribution in [0.4, 0.5) is 0 Å². The number of aryl methyl sites for hydroxylation is 2. The fourth-order valence-corrected chi connectivity index (χ4v) is 5.49. The van der Waals surface area contributed by atoms with Gasteiger partial charge in [-0.2, -0.15) is 0 Å². The minimum Gasteiger partial charge on any atom is -0.469 e. The second-order valence-corrected chi connectivity index (χ2v) is 11.3. The summed E-state index contributed by atoms with van der Waals surface area (Å²) in [5.41, 5.74) is 3.16. The maximum absolute atomic E-state index is 6.20. The van der Waals surface area contributed by atoms with Crippen molar-refractivity contribution in [1.29, 1.82) is 0 Å². The lowest BCUT2D eigenvalue weighted by atomic mass is 9.96. The molecule has 0 aromatic carbocycles. The summed E-state index contributed by atoms with van der Waals surface area (Å²) in [5.74, 6) is 1.34. The first-order chi connectivity index (χ1) is 17.3. The van der Waals surface area contributed by atoms with Crippen LogP contribution in [0.25, 0.3) is 0 Å². The molecular formula is C34H64O. The summed E-state index contributed by atoms with van der Waals surface area (Å²) in [5, 5.41) is 0. The lowest BCUT2D eigenvalue weighted by Gasteiger charge is -2.08. The highest BCUT2D eigenvalue weighted by Crippen LogP contribution is 2.25. The van der Waals surface area contributed by atoms with E-state index in [-0.39, 0.29) is 0 Å². The molecule has 0 aliphatic rings. The van der Waals surface area contributed by atoms with Crippen molar-refractivity contribution in [2.45, 2.75) is 194 Å². The average Bonchev–Trinajstić information content (AvgIpc) is 3.25. The predicted molar refractivity (Wildman–Crippen MR) is 158 cm³/mol. The van der Waals surface area contributed by atoms with Gasteiger partial charge in [0.25, 0.3) is 0 Å². The molecule has 0 N–H and O–H groups in total. The molecule has 1 heterocycles. The molecule has 0 fully saturated rings. The highest BCUT2D eigenvalue weighted by Gasteiger charge is 2.13. The molecule has 1 rings (SSSR count). The molecule has 0 aliphatic heterocycles. The number of unbranched alkanes of at least 4 members (excludes halogenated alkanes) is 21. The van der Waals surface area contributed by atoms with Crippen LogP contribution in [0.5, 0.6) is 0 Å². The third-order valence-electron chi connectivity index (χ3n) is 7.91. The van der Waals surface area contributed by atoms with Gasteiger partial charge in [-0.15, -0.1) is 0 Å². The van der Waals surface area contributed by atoms with Gasteiger partial charge in [-0.05, 0) is 43.2 Å². The summed E-state index contributed by atoms with van der Waals surface area (Å²) >= 11 is 0. The van der Waals surface area contributed by atoms with E-state index in [0.717, 1.165) is 0 Å². The fourth-order valence-electron chi connectivity index (χ4n) is 5.49. The van der Waals surface area contributed by atoms with Gasteiger partial charge < -0.3 is 4.42 Å². The summed E-state index contributed by atoms with van der Waals surface area (Å²) < 4.78 is 6.20. The Morgan fingerprint density at radius 1 is 0.400 bits per heavy atom. The van der Waals surface area contributed by atoms with Gasteiger partial charge in [0.1, 0.15) is 5.76 Å². The molecule has 206 valence electrons. The van der Waals surface area contributed by atoms with Crippen molar-refractivity contribution >= 4 is 0 Å². The molecule has 0 amide bonds. The number of hydrogen-bond donors (Lipinski definition) is 0. The van der Waals surface area contributed by atoms with E-state index in [9.17, 15) is 0 Å². The minimum atomic E-state index is 1.17. The van der Waals surface area contributed by atoms with Gasteiger partial charge in [-0.25, -0.2) is 0 Å². The summed E-state index contributed by atoms with van der Waals surface area (Å²) in [4.78, 5) is 0. The third kappa shape index (κ3) is 18.2. The Bertz CT molecular complexity index is 505. The Hall–Kier alpha value is -0.720. The molecule has 1 heteroatoms. The second kappa shape index (κ2) is 25.0. The molecular weight excluding hydrogens is 424 g/mol. The molecule has 0 aliphatic carbocycles. The summed E-state index contributed by atoms with van der Waals surface area (Å²) in [6, 6.07) is 0.